The Hall–Kier alpha value is -3.41. The van der Waals surface area contributed by atoms with E-state index in [2.05, 4.69) is 10.3 Å². The average molecular weight is 528 g/mol. The normalized spacial score (nSPS) is 16.3. The number of fused-ring (bicyclic) bond motifs is 1. The zero-order valence-corrected chi connectivity index (χ0v) is 21.4. The fourth-order valence-electron chi connectivity index (χ4n) is 4.24. The molecule has 1 atom stereocenters. The van der Waals surface area contributed by atoms with Crippen LogP contribution in [0.25, 0.3) is 22.4 Å². The Morgan fingerprint density at radius 2 is 2.06 bits per heavy atom. The molecule has 0 aliphatic carbocycles. The van der Waals surface area contributed by atoms with Crippen molar-refractivity contribution < 1.29 is 27.1 Å². The highest BCUT2D eigenvalue weighted by Gasteiger charge is 2.39. The Balaban J connectivity index is 1.33. The van der Waals surface area contributed by atoms with Crippen LogP contribution in [0.5, 0.6) is 11.5 Å². The highest BCUT2D eigenvalue weighted by atomic mass is 32.2. The number of nitrogens with zero attached hydrogens (tertiary/aromatic N) is 2. The third-order valence-corrected chi connectivity index (χ3v) is 8.65. The number of hydrogen-bond acceptors (Lipinski definition) is 8. The second-order valence-electron chi connectivity index (χ2n) is 8.19. The molecule has 4 aromatic rings. The van der Waals surface area contributed by atoms with E-state index in [4.69, 9.17) is 13.9 Å². The third kappa shape index (κ3) is 4.57. The first-order chi connectivity index (χ1) is 17.4. The van der Waals surface area contributed by atoms with Crippen LogP contribution in [0, 0.1) is 0 Å². The minimum atomic E-state index is -3.84. The summed E-state index contributed by atoms with van der Waals surface area (Å²) >= 11 is 1.25. The maximum absolute atomic E-state index is 13.2. The number of nitrogens with one attached hydrogen (secondary N) is 1. The number of amides is 1. The van der Waals surface area contributed by atoms with E-state index < -0.39 is 22.0 Å². The first kappa shape index (κ1) is 24.3. The van der Waals surface area contributed by atoms with Crippen molar-refractivity contribution in [3.63, 3.8) is 0 Å². The number of hydrogen-bond donors (Lipinski definition) is 1. The van der Waals surface area contributed by atoms with Crippen LogP contribution in [0.15, 0.2) is 63.2 Å². The lowest BCUT2D eigenvalue weighted by molar-refractivity contribution is -0.119. The molecule has 9 nitrogen and oxygen atoms in total. The van der Waals surface area contributed by atoms with Crippen molar-refractivity contribution in [1.82, 2.24) is 9.29 Å². The first-order valence-electron chi connectivity index (χ1n) is 11.5. The van der Waals surface area contributed by atoms with Crippen LogP contribution in [-0.4, -0.2) is 49.9 Å². The molecule has 0 radical (unpaired) electrons. The average Bonchev–Trinajstić information content (AvgIpc) is 3.64. The minimum absolute atomic E-state index is 0.121. The van der Waals surface area contributed by atoms with Crippen molar-refractivity contribution >= 4 is 43.4 Å². The van der Waals surface area contributed by atoms with Gasteiger partial charge in [-0.25, -0.2) is 13.4 Å². The summed E-state index contributed by atoms with van der Waals surface area (Å²) in [6.07, 6.45) is 1.03. The fourth-order valence-corrected chi connectivity index (χ4v) is 6.60. The molecule has 0 saturated carbocycles. The number of para-hydroxylation sites is 1. The number of furan rings is 1. The lowest BCUT2D eigenvalue weighted by atomic mass is 10.2. The van der Waals surface area contributed by atoms with Crippen LogP contribution in [0.4, 0.5) is 5.13 Å². The maximum atomic E-state index is 13.2. The third-order valence-electron chi connectivity index (χ3n) is 5.97. The highest BCUT2D eigenvalue weighted by Crippen LogP contribution is 2.35. The van der Waals surface area contributed by atoms with Crippen molar-refractivity contribution in [2.45, 2.75) is 30.7 Å². The van der Waals surface area contributed by atoms with Gasteiger partial charge in [0.05, 0.1) is 18.6 Å². The van der Waals surface area contributed by atoms with Gasteiger partial charge in [0, 0.05) is 17.3 Å². The molecule has 1 aliphatic rings. The van der Waals surface area contributed by atoms with Crippen molar-refractivity contribution in [1.29, 1.82) is 0 Å². The second-order valence-corrected chi connectivity index (χ2v) is 10.9. The molecule has 1 fully saturated rings. The predicted octanol–water partition coefficient (Wildman–Crippen LogP) is 4.76. The summed E-state index contributed by atoms with van der Waals surface area (Å²) in [6.45, 7) is 2.71. The fraction of sp³-hybridized carbons (Fsp3) is 0.280. The molecule has 1 N–H and O–H groups in total. The monoisotopic (exact) mass is 527 g/mol. The number of aromatic nitrogens is 1. The van der Waals surface area contributed by atoms with Gasteiger partial charge >= 0.3 is 0 Å². The van der Waals surface area contributed by atoms with E-state index in [9.17, 15) is 13.2 Å². The van der Waals surface area contributed by atoms with Gasteiger partial charge in [0.15, 0.2) is 22.2 Å². The van der Waals surface area contributed by atoms with Crippen molar-refractivity contribution in [2.75, 3.05) is 25.6 Å². The number of anilines is 1. The Labute approximate surface area is 212 Å². The summed E-state index contributed by atoms with van der Waals surface area (Å²) < 4.78 is 44.4. The quantitative estimate of drug-likeness (QED) is 0.352. The van der Waals surface area contributed by atoms with Gasteiger partial charge in [0.25, 0.3) is 0 Å². The smallest absolute Gasteiger partial charge is 0.244 e. The number of rotatable bonds is 8. The summed E-state index contributed by atoms with van der Waals surface area (Å²) in [5.74, 6) is 1.36. The molecule has 1 amide bonds. The molecule has 0 bridgehead atoms. The van der Waals surface area contributed by atoms with Gasteiger partial charge in [-0.15, -0.1) is 11.3 Å². The van der Waals surface area contributed by atoms with E-state index in [1.54, 1.807) is 17.5 Å². The topological polar surface area (TPSA) is 111 Å². The molecule has 3 heterocycles. The number of carbonyl (C=O) groups excluding carboxylic acids is 1. The van der Waals surface area contributed by atoms with Crippen LogP contribution < -0.4 is 14.8 Å². The van der Waals surface area contributed by atoms with Gasteiger partial charge < -0.3 is 19.2 Å². The van der Waals surface area contributed by atoms with E-state index in [1.165, 1.54) is 34.9 Å². The Morgan fingerprint density at radius 3 is 2.81 bits per heavy atom. The number of thiazole rings is 1. The first-order valence-corrected chi connectivity index (χ1v) is 13.8. The van der Waals surface area contributed by atoms with E-state index in [0.29, 0.717) is 53.1 Å². The number of benzene rings is 2. The Morgan fingerprint density at radius 1 is 1.25 bits per heavy atom. The summed E-state index contributed by atoms with van der Waals surface area (Å²) in [4.78, 5) is 17.7. The number of sulfonamides is 1. The van der Waals surface area contributed by atoms with E-state index in [1.807, 2.05) is 31.2 Å². The largest absolute Gasteiger partial charge is 0.497 e. The molecule has 1 aliphatic heterocycles. The van der Waals surface area contributed by atoms with Gasteiger partial charge in [0.1, 0.15) is 17.5 Å². The molecule has 1 saturated heterocycles. The van der Waals surface area contributed by atoms with Gasteiger partial charge in [-0.1, -0.05) is 12.1 Å². The lowest BCUT2D eigenvalue weighted by Gasteiger charge is -2.23. The van der Waals surface area contributed by atoms with Crippen LogP contribution >= 0.6 is 11.3 Å². The predicted molar refractivity (Wildman–Crippen MR) is 137 cm³/mol. The summed E-state index contributed by atoms with van der Waals surface area (Å²) in [6, 6.07) is 12.9. The van der Waals surface area contributed by atoms with Crippen LogP contribution in [0.1, 0.15) is 19.8 Å². The Bertz CT molecular complexity index is 1490. The molecule has 11 heteroatoms. The van der Waals surface area contributed by atoms with Crippen LogP contribution in [-0.2, 0) is 14.8 Å². The second kappa shape index (κ2) is 9.92. The van der Waals surface area contributed by atoms with E-state index in [0.717, 1.165) is 5.39 Å². The van der Waals surface area contributed by atoms with Gasteiger partial charge in [0.2, 0.25) is 15.9 Å². The van der Waals surface area contributed by atoms with Crippen LogP contribution in [0.2, 0.25) is 0 Å². The number of ether oxygens (including phenoxy) is 2. The van der Waals surface area contributed by atoms with Gasteiger partial charge in [-0.3, -0.25) is 4.79 Å². The van der Waals surface area contributed by atoms with Crippen molar-refractivity contribution in [2.24, 2.45) is 0 Å². The van der Waals surface area contributed by atoms with Crippen molar-refractivity contribution in [3.8, 4) is 23.0 Å². The zero-order chi connectivity index (χ0) is 25.3. The molecule has 188 valence electrons. The number of methoxy groups -OCH3 is 1. The number of carbonyl (C=O) groups is 1. The highest BCUT2D eigenvalue weighted by molar-refractivity contribution is 7.89. The molecule has 1 unspecified atom stereocenters. The maximum Gasteiger partial charge on any atom is 0.244 e. The van der Waals surface area contributed by atoms with E-state index in [-0.39, 0.29) is 11.4 Å². The van der Waals surface area contributed by atoms with E-state index >= 15 is 0 Å². The molecule has 0 spiro atoms. The summed E-state index contributed by atoms with van der Waals surface area (Å²) in [7, 11) is -2.32. The summed E-state index contributed by atoms with van der Waals surface area (Å²) in [5, 5.41) is 5.83. The summed E-state index contributed by atoms with van der Waals surface area (Å²) in [5.41, 5.74) is 1.21. The van der Waals surface area contributed by atoms with Gasteiger partial charge in [-0.2, -0.15) is 4.31 Å². The standard InChI is InChI=1S/C25H25N3O6S2/c1-3-33-21-8-4-6-16-14-22(34-23(16)21)19-15-35-25(26-19)27-24(29)20-7-5-13-28(20)36(30,31)18-11-9-17(32-2)10-12-18/h4,6,8-12,14-15,20H,3,5,7,13H2,1-2H3,(H,26,27,29). The molecule has 5 rings (SSSR count). The molecule has 2 aromatic carbocycles. The molecular formula is C25H25N3O6S2. The molecule has 36 heavy (non-hydrogen) atoms. The van der Waals surface area contributed by atoms with Crippen molar-refractivity contribution in [3.05, 3.63) is 53.9 Å². The minimum Gasteiger partial charge on any atom is -0.497 e. The van der Waals surface area contributed by atoms with Crippen LogP contribution in [0.3, 0.4) is 0 Å². The van der Waals surface area contributed by atoms with Gasteiger partial charge in [-0.05, 0) is 56.2 Å². The zero-order valence-electron chi connectivity index (χ0n) is 19.8. The SMILES string of the molecule is CCOc1cccc2cc(-c3csc(NC(=O)C4CCCN4S(=O)(=O)c4ccc(OC)cc4)n3)oc12. The Kier molecular flexibility index (Phi) is 6.69. The lowest BCUT2D eigenvalue weighted by Crippen LogP contribution is -2.43. The molecular weight excluding hydrogens is 502 g/mol. The molecule has 2 aromatic heterocycles.